The first-order chi connectivity index (χ1) is 13.1. The molecule has 3 fully saturated rings. The van der Waals surface area contributed by atoms with Gasteiger partial charge in [0.15, 0.2) is 0 Å². The first kappa shape index (κ1) is 19.5. The van der Waals surface area contributed by atoms with Crippen LogP contribution in [0.4, 0.5) is 0 Å². The highest BCUT2D eigenvalue weighted by atomic mass is 35.5. The molecule has 3 aliphatic rings. The summed E-state index contributed by atoms with van der Waals surface area (Å²) in [6.45, 7) is 5.09. The number of nitrogens with one attached hydrogen (secondary N) is 1. The molecule has 0 radical (unpaired) electrons. The maximum atomic E-state index is 13.3. The zero-order valence-electron chi connectivity index (χ0n) is 15.8. The first-order valence-electron chi connectivity index (χ1n) is 10.3. The molecule has 1 aliphatic carbocycles. The van der Waals surface area contributed by atoms with E-state index in [2.05, 4.69) is 15.1 Å². The average Bonchev–Trinajstić information content (AvgIpc) is 3.10. The predicted octanol–water partition coefficient (Wildman–Crippen LogP) is 3.60. The zero-order chi connectivity index (χ0) is 18.8. The van der Waals surface area contributed by atoms with Crippen molar-refractivity contribution in [2.75, 3.05) is 32.7 Å². The second-order valence-electron chi connectivity index (χ2n) is 8.21. The van der Waals surface area contributed by atoms with E-state index >= 15 is 0 Å². The predicted molar refractivity (Wildman–Crippen MR) is 110 cm³/mol. The van der Waals surface area contributed by atoms with Gasteiger partial charge in [0.1, 0.15) is 0 Å². The number of fused-ring (bicyclic) bond motifs is 1. The van der Waals surface area contributed by atoms with Crippen LogP contribution in [0.3, 0.4) is 0 Å². The van der Waals surface area contributed by atoms with Crippen LogP contribution in [-0.2, 0) is 11.2 Å². The number of carbonyl (C=O) groups excluding carboxylic acids is 1. The van der Waals surface area contributed by atoms with Crippen LogP contribution in [0.15, 0.2) is 18.2 Å². The lowest BCUT2D eigenvalue weighted by atomic mass is 9.79. The molecule has 0 aromatic heterocycles. The van der Waals surface area contributed by atoms with Crippen molar-refractivity contribution in [1.29, 1.82) is 0 Å². The second-order valence-corrected chi connectivity index (χ2v) is 9.02. The summed E-state index contributed by atoms with van der Waals surface area (Å²) < 4.78 is 0. The van der Waals surface area contributed by atoms with Gasteiger partial charge in [-0.2, -0.15) is 0 Å². The third kappa shape index (κ3) is 4.29. The molecule has 2 saturated heterocycles. The fraction of sp³-hybridized carbons (Fsp3) is 0.667. The molecular weight excluding hydrogens is 381 g/mol. The van der Waals surface area contributed by atoms with Gasteiger partial charge in [0.25, 0.3) is 0 Å². The topological polar surface area (TPSA) is 35.6 Å². The van der Waals surface area contributed by atoms with Crippen molar-refractivity contribution in [2.45, 2.75) is 50.6 Å². The van der Waals surface area contributed by atoms with E-state index < -0.39 is 0 Å². The molecule has 0 spiro atoms. The second kappa shape index (κ2) is 8.69. The molecule has 1 aromatic rings. The zero-order valence-corrected chi connectivity index (χ0v) is 17.3. The number of nitrogens with zero attached hydrogens (tertiary/aromatic N) is 2. The van der Waals surface area contributed by atoms with Crippen LogP contribution < -0.4 is 5.32 Å². The summed E-state index contributed by atoms with van der Waals surface area (Å²) in [5.41, 5.74) is 0.941. The van der Waals surface area contributed by atoms with Gasteiger partial charge in [-0.1, -0.05) is 35.7 Å². The minimum atomic E-state index is 0.221. The minimum Gasteiger partial charge on any atom is -0.336 e. The Kier molecular flexibility index (Phi) is 6.28. The lowest BCUT2D eigenvalue weighted by Gasteiger charge is -2.47. The Bertz CT molecular complexity index is 677. The Labute approximate surface area is 172 Å². The Morgan fingerprint density at radius 1 is 1.07 bits per heavy atom. The van der Waals surface area contributed by atoms with Crippen LogP contribution in [-0.4, -0.2) is 60.5 Å². The molecule has 1 amide bonds. The standard InChI is InChI=1S/C21H29Cl2N3O/c22-17-7-6-15(12-18(17)23)13-20(27)26-11-8-24-14-16-4-3-5-19(21(16)26)25-9-1-2-10-25/h6-7,12,16,19,21,24H,1-5,8-11,13-14H2. The van der Waals surface area contributed by atoms with E-state index in [0.29, 0.717) is 34.5 Å². The van der Waals surface area contributed by atoms with Gasteiger partial charge in [-0.15, -0.1) is 0 Å². The van der Waals surface area contributed by atoms with E-state index in [0.717, 1.165) is 25.2 Å². The number of benzene rings is 1. The van der Waals surface area contributed by atoms with Crippen molar-refractivity contribution in [3.63, 3.8) is 0 Å². The molecule has 4 rings (SSSR count). The third-order valence-corrected chi connectivity index (χ3v) is 7.26. The van der Waals surface area contributed by atoms with Crippen LogP contribution >= 0.6 is 23.2 Å². The molecule has 3 atom stereocenters. The number of hydrogen-bond donors (Lipinski definition) is 1. The number of amides is 1. The van der Waals surface area contributed by atoms with Crippen LogP contribution in [0.2, 0.25) is 10.0 Å². The number of hydrogen-bond acceptors (Lipinski definition) is 3. The number of halogens is 2. The van der Waals surface area contributed by atoms with Gasteiger partial charge >= 0.3 is 0 Å². The van der Waals surface area contributed by atoms with Crippen molar-refractivity contribution in [3.8, 4) is 0 Å². The van der Waals surface area contributed by atoms with Crippen LogP contribution in [0.5, 0.6) is 0 Å². The molecule has 2 aliphatic heterocycles. The van der Waals surface area contributed by atoms with E-state index in [9.17, 15) is 4.79 Å². The molecule has 2 heterocycles. The van der Waals surface area contributed by atoms with Gasteiger partial charge in [-0.3, -0.25) is 9.69 Å². The molecule has 1 aromatic carbocycles. The SMILES string of the molecule is O=C(Cc1ccc(Cl)c(Cl)c1)N1CCNCC2CCCC(N3CCCC3)C21. The summed E-state index contributed by atoms with van der Waals surface area (Å²) >= 11 is 12.2. The van der Waals surface area contributed by atoms with E-state index in [1.54, 1.807) is 6.07 Å². The van der Waals surface area contributed by atoms with Crippen molar-refractivity contribution in [2.24, 2.45) is 5.92 Å². The number of likely N-dealkylation sites (tertiary alicyclic amines) is 1. The maximum Gasteiger partial charge on any atom is 0.227 e. The Hall–Kier alpha value is -0.810. The Balaban J connectivity index is 1.55. The summed E-state index contributed by atoms with van der Waals surface area (Å²) in [5.74, 6) is 0.780. The van der Waals surface area contributed by atoms with E-state index in [-0.39, 0.29) is 5.91 Å². The summed E-state index contributed by atoms with van der Waals surface area (Å²) in [7, 11) is 0. The average molecular weight is 410 g/mol. The number of carbonyl (C=O) groups is 1. The lowest BCUT2D eigenvalue weighted by Crippen LogP contribution is -2.58. The number of rotatable bonds is 3. The van der Waals surface area contributed by atoms with Gasteiger partial charge in [-0.05, 0) is 62.4 Å². The van der Waals surface area contributed by atoms with E-state index in [1.807, 2.05) is 12.1 Å². The van der Waals surface area contributed by atoms with Gasteiger partial charge in [0.2, 0.25) is 5.91 Å². The quantitative estimate of drug-likeness (QED) is 0.827. The van der Waals surface area contributed by atoms with Crippen molar-refractivity contribution in [3.05, 3.63) is 33.8 Å². The van der Waals surface area contributed by atoms with Crippen LogP contribution in [0.1, 0.15) is 37.7 Å². The van der Waals surface area contributed by atoms with Crippen molar-refractivity contribution < 1.29 is 4.79 Å². The highest BCUT2D eigenvalue weighted by molar-refractivity contribution is 6.42. The first-order valence-corrected chi connectivity index (χ1v) is 11.1. The van der Waals surface area contributed by atoms with Crippen LogP contribution in [0.25, 0.3) is 0 Å². The van der Waals surface area contributed by atoms with Gasteiger partial charge < -0.3 is 10.2 Å². The molecule has 3 unspecified atom stereocenters. The third-order valence-electron chi connectivity index (χ3n) is 6.52. The molecule has 27 heavy (non-hydrogen) atoms. The Morgan fingerprint density at radius 2 is 1.89 bits per heavy atom. The van der Waals surface area contributed by atoms with Crippen LogP contribution in [0, 0.1) is 5.92 Å². The summed E-state index contributed by atoms with van der Waals surface area (Å²) in [6, 6.07) is 6.38. The van der Waals surface area contributed by atoms with E-state index in [1.165, 1.54) is 45.2 Å². The highest BCUT2D eigenvalue weighted by Crippen LogP contribution is 2.34. The van der Waals surface area contributed by atoms with E-state index in [4.69, 9.17) is 23.2 Å². The highest BCUT2D eigenvalue weighted by Gasteiger charge is 2.43. The Morgan fingerprint density at radius 3 is 2.67 bits per heavy atom. The summed E-state index contributed by atoms with van der Waals surface area (Å²) in [6.07, 6.45) is 6.70. The molecule has 0 bridgehead atoms. The fourth-order valence-corrected chi connectivity index (χ4v) is 5.58. The lowest BCUT2D eigenvalue weighted by molar-refractivity contribution is -0.136. The molecule has 148 valence electrons. The fourth-order valence-electron chi connectivity index (χ4n) is 5.25. The molecule has 4 nitrogen and oxygen atoms in total. The largest absolute Gasteiger partial charge is 0.336 e. The van der Waals surface area contributed by atoms with Gasteiger partial charge in [-0.25, -0.2) is 0 Å². The molecule has 1 saturated carbocycles. The van der Waals surface area contributed by atoms with Crippen molar-refractivity contribution in [1.82, 2.24) is 15.1 Å². The van der Waals surface area contributed by atoms with Gasteiger partial charge in [0.05, 0.1) is 22.5 Å². The minimum absolute atomic E-state index is 0.221. The van der Waals surface area contributed by atoms with Crippen molar-refractivity contribution >= 4 is 29.1 Å². The maximum absolute atomic E-state index is 13.3. The van der Waals surface area contributed by atoms with Gasteiger partial charge in [0, 0.05) is 25.7 Å². The summed E-state index contributed by atoms with van der Waals surface area (Å²) in [4.78, 5) is 18.2. The molecular formula is C21H29Cl2N3O. The molecule has 6 heteroatoms. The smallest absolute Gasteiger partial charge is 0.227 e. The summed E-state index contributed by atoms with van der Waals surface area (Å²) in [5, 5.41) is 4.63. The molecule has 1 N–H and O–H groups in total. The monoisotopic (exact) mass is 409 g/mol. The normalized spacial score (nSPS) is 29.4.